The number of hydrogen-bond acceptors (Lipinski definition) is 3. The topological polar surface area (TPSA) is 27.6 Å². The molecule has 0 saturated heterocycles. The van der Waals surface area contributed by atoms with Gasteiger partial charge < -0.3 is 10.2 Å². The van der Waals surface area contributed by atoms with Gasteiger partial charge in [0, 0.05) is 35.5 Å². The number of nitrogens with zero attached hydrogens (tertiary/aromatic N) is 2. The highest BCUT2D eigenvalue weighted by atomic mass is 15.1. The summed E-state index contributed by atoms with van der Waals surface area (Å²) in [6, 6.07) is 8.84. The highest BCUT2D eigenvalue weighted by Gasteiger charge is 2.38. The molecule has 1 saturated carbocycles. The molecule has 0 heterocycles. The molecule has 1 N–H and O–H groups in total. The molecule has 1 aromatic carbocycles. The normalized spacial score (nSPS) is 15.4. The minimum atomic E-state index is 0.164. The lowest BCUT2D eigenvalue weighted by atomic mass is 9.98. The van der Waals surface area contributed by atoms with Crippen LogP contribution in [0.15, 0.2) is 64.1 Å². The van der Waals surface area contributed by atoms with Crippen molar-refractivity contribution in [3.05, 3.63) is 70.2 Å². The van der Waals surface area contributed by atoms with E-state index in [1.807, 2.05) is 0 Å². The van der Waals surface area contributed by atoms with Crippen LogP contribution in [-0.4, -0.2) is 23.7 Å². The summed E-state index contributed by atoms with van der Waals surface area (Å²) in [5, 5.41) is 3.59. The molecule has 0 amide bonds. The summed E-state index contributed by atoms with van der Waals surface area (Å²) in [5.74, 6) is 0.876. The lowest BCUT2D eigenvalue weighted by Gasteiger charge is -2.29. The molecule has 152 valence electrons. The number of allylic oxidation sites excluding steroid dienone is 2. The summed E-state index contributed by atoms with van der Waals surface area (Å²) < 4.78 is 0. The maximum Gasteiger partial charge on any atom is 0.129 e. The zero-order valence-electron chi connectivity index (χ0n) is 18.7. The molecule has 0 aromatic heterocycles. The Morgan fingerprint density at radius 1 is 1.18 bits per heavy atom. The van der Waals surface area contributed by atoms with Crippen LogP contribution in [-0.2, 0) is 13.0 Å². The first-order valence-corrected chi connectivity index (χ1v) is 10.4. The van der Waals surface area contributed by atoms with Gasteiger partial charge in [0.2, 0.25) is 0 Å². The van der Waals surface area contributed by atoms with Gasteiger partial charge in [0.15, 0.2) is 0 Å². The molecule has 3 heteroatoms. The first-order valence-electron chi connectivity index (χ1n) is 10.4. The molecule has 2 rings (SSSR count). The molecule has 0 spiro atoms. The zero-order chi connectivity index (χ0) is 20.9. The predicted octanol–water partition coefficient (Wildman–Crippen LogP) is 6.00. The van der Waals surface area contributed by atoms with E-state index in [9.17, 15) is 0 Å². The summed E-state index contributed by atoms with van der Waals surface area (Å²) in [6.07, 6.45) is 3.42. The van der Waals surface area contributed by atoms with Crippen LogP contribution in [0.4, 0.5) is 0 Å². The van der Waals surface area contributed by atoms with Crippen LogP contribution in [0, 0.1) is 0 Å². The van der Waals surface area contributed by atoms with Crippen LogP contribution in [0.1, 0.15) is 65.5 Å². The Bertz CT molecular complexity index is 790. The molecule has 1 aromatic rings. The fraction of sp³-hybridized carbons (Fsp3) is 0.480. The number of benzene rings is 1. The third-order valence-corrected chi connectivity index (χ3v) is 5.63. The molecule has 1 aliphatic carbocycles. The van der Waals surface area contributed by atoms with E-state index in [0.29, 0.717) is 0 Å². The van der Waals surface area contributed by atoms with E-state index in [1.54, 1.807) is 0 Å². The fourth-order valence-electron chi connectivity index (χ4n) is 3.57. The van der Waals surface area contributed by atoms with Gasteiger partial charge in [0.05, 0.1) is 0 Å². The van der Waals surface area contributed by atoms with Crippen LogP contribution in [0.5, 0.6) is 0 Å². The highest BCUT2D eigenvalue weighted by molar-refractivity contribution is 5.49. The Kier molecular flexibility index (Phi) is 7.29. The maximum atomic E-state index is 4.48. The SMILES string of the molecule is C=N/C(NC1(C)CC1)=C(\C)C(C(=C)N(CC)Cc1cccc(CC)c1)=C(C)C. The van der Waals surface area contributed by atoms with Gasteiger partial charge in [-0.15, -0.1) is 0 Å². The van der Waals surface area contributed by atoms with Gasteiger partial charge in [-0.1, -0.05) is 43.3 Å². The van der Waals surface area contributed by atoms with Crippen LogP contribution in [0.25, 0.3) is 0 Å². The molecule has 0 atom stereocenters. The Morgan fingerprint density at radius 2 is 1.82 bits per heavy atom. The van der Waals surface area contributed by atoms with Crippen LogP contribution < -0.4 is 5.32 Å². The minimum absolute atomic E-state index is 0.164. The van der Waals surface area contributed by atoms with Crippen molar-refractivity contribution in [2.75, 3.05) is 6.54 Å². The summed E-state index contributed by atoms with van der Waals surface area (Å²) in [5.41, 5.74) is 7.44. The smallest absolute Gasteiger partial charge is 0.129 e. The third kappa shape index (κ3) is 5.37. The van der Waals surface area contributed by atoms with Gasteiger partial charge in [-0.05, 0) is 71.7 Å². The van der Waals surface area contributed by atoms with E-state index in [4.69, 9.17) is 0 Å². The van der Waals surface area contributed by atoms with Crippen LogP contribution in [0.3, 0.4) is 0 Å². The zero-order valence-corrected chi connectivity index (χ0v) is 18.7. The Labute approximate surface area is 171 Å². The van der Waals surface area contributed by atoms with Crippen molar-refractivity contribution in [3.63, 3.8) is 0 Å². The van der Waals surface area contributed by atoms with Crippen LogP contribution >= 0.6 is 0 Å². The minimum Gasteiger partial charge on any atom is -0.367 e. The molecule has 0 aliphatic heterocycles. The predicted molar refractivity (Wildman–Crippen MR) is 122 cm³/mol. The standard InChI is InChI=1S/C25H37N3/c1-9-21-12-11-13-22(16-21)17-28(10-2)20(6)23(18(3)4)19(5)24(26-8)27-25(7)14-15-25/h11-13,16,27H,6,8-10,14-15,17H2,1-5,7H3/b24-19-. The van der Waals surface area contributed by atoms with E-state index in [0.717, 1.165) is 36.6 Å². The van der Waals surface area contributed by atoms with Gasteiger partial charge in [0.25, 0.3) is 0 Å². The summed E-state index contributed by atoms with van der Waals surface area (Å²) in [4.78, 5) is 6.66. The number of aryl methyl sites for hydroxylation is 1. The second kappa shape index (κ2) is 9.27. The molecular weight excluding hydrogens is 342 g/mol. The highest BCUT2D eigenvalue weighted by Crippen LogP contribution is 2.37. The Hall–Kier alpha value is -2.29. The molecule has 0 bridgehead atoms. The van der Waals surface area contributed by atoms with E-state index in [2.05, 4.69) is 94.3 Å². The van der Waals surface area contributed by atoms with Crippen molar-refractivity contribution >= 4 is 6.72 Å². The average molecular weight is 380 g/mol. The maximum absolute atomic E-state index is 4.48. The van der Waals surface area contributed by atoms with Crippen LogP contribution in [0.2, 0.25) is 0 Å². The van der Waals surface area contributed by atoms with Crippen molar-refractivity contribution in [2.45, 2.75) is 72.9 Å². The quantitative estimate of drug-likeness (QED) is 0.399. The largest absolute Gasteiger partial charge is 0.367 e. The van der Waals surface area contributed by atoms with Gasteiger partial charge >= 0.3 is 0 Å². The summed E-state index contributed by atoms with van der Waals surface area (Å²) >= 11 is 0. The molecular formula is C25H37N3. The van der Waals surface area contributed by atoms with Gasteiger partial charge in [-0.3, -0.25) is 0 Å². The number of rotatable bonds is 10. The molecule has 28 heavy (non-hydrogen) atoms. The second-order valence-corrected chi connectivity index (χ2v) is 8.33. The Morgan fingerprint density at radius 3 is 2.32 bits per heavy atom. The first-order chi connectivity index (χ1) is 13.2. The molecule has 3 nitrogen and oxygen atoms in total. The van der Waals surface area contributed by atoms with Gasteiger partial charge in [0.1, 0.15) is 5.82 Å². The fourth-order valence-corrected chi connectivity index (χ4v) is 3.57. The van der Waals surface area contributed by atoms with Crippen molar-refractivity contribution in [3.8, 4) is 0 Å². The second-order valence-electron chi connectivity index (χ2n) is 8.33. The molecule has 0 unspecified atom stereocenters. The van der Waals surface area contributed by atoms with Crippen molar-refractivity contribution in [1.82, 2.24) is 10.2 Å². The lowest BCUT2D eigenvalue weighted by molar-refractivity contribution is 0.363. The molecule has 1 fully saturated rings. The summed E-state index contributed by atoms with van der Waals surface area (Å²) in [7, 11) is 0. The number of likely N-dealkylation sites (N-methyl/N-ethyl adjacent to an activating group) is 1. The Balaban J connectivity index is 2.31. The number of aliphatic imine (C=N–C) groups is 1. The van der Waals surface area contributed by atoms with Crippen molar-refractivity contribution < 1.29 is 0 Å². The van der Waals surface area contributed by atoms with E-state index < -0.39 is 0 Å². The monoisotopic (exact) mass is 379 g/mol. The van der Waals surface area contributed by atoms with E-state index in [1.165, 1.54) is 35.1 Å². The average Bonchev–Trinajstić information content (AvgIpc) is 3.41. The van der Waals surface area contributed by atoms with Gasteiger partial charge in [-0.25, -0.2) is 4.99 Å². The lowest BCUT2D eigenvalue weighted by Crippen LogP contribution is -2.28. The van der Waals surface area contributed by atoms with Gasteiger partial charge in [-0.2, -0.15) is 0 Å². The summed E-state index contributed by atoms with van der Waals surface area (Å²) in [6.45, 7) is 23.1. The number of nitrogens with one attached hydrogen (secondary N) is 1. The van der Waals surface area contributed by atoms with Crippen molar-refractivity contribution in [2.24, 2.45) is 4.99 Å². The van der Waals surface area contributed by atoms with Crippen molar-refractivity contribution in [1.29, 1.82) is 0 Å². The number of hydrogen-bond donors (Lipinski definition) is 1. The van der Waals surface area contributed by atoms with E-state index >= 15 is 0 Å². The third-order valence-electron chi connectivity index (χ3n) is 5.63. The molecule has 0 radical (unpaired) electrons. The molecule has 1 aliphatic rings. The first kappa shape index (κ1) is 22.0. The van der Waals surface area contributed by atoms with E-state index in [-0.39, 0.29) is 5.54 Å².